The van der Waals surface area contributed by atoms with Crippen LogP contribution in [0.4, 0.5) is 26.4 Å². The average molecular weight is 427 g/mol. The molecule has 9 heteroatoms. The topological polar surface area (TPSA) is 78.5 Å². The van der Waals surface area contributed by atoms with Gasteiger partial charge in [0.2, 0.25) is 5.95 Å². The molecule has 0 atom stereocenters. The zero-order valence-electron chi connectivity index (χ0n) is 15.7. The number of halogens is 3. The Morgan fingerprint density at radius 3 is 2.73 bits per heavy atom. The summed E-state index contributed by atoms with van der Waals surface area (Å²) in [4.78, 5) is 9.01. The number of anilines is 3. The maximum atomic E-state index is 13.9. The van der Waals surface area contributed by atoms with Crippen LogP contribution < -0.4 is 10.6 Å². The normalized spacial score (nSPS) is 13.6. The van der Waals surface area contributed by atoms with Gasteiger partial charge < -0.3 is 10.6 Å². The Hall–Kier alpha value is -3.26. The molecule has 30 heavy (non-hydrogen) atoms. The molecule has 2 aromatic heterocycles. The third-order valence-corrected chi connectivity index (χ3v) is 5.21. The minimum atomic E-state index is -0.627. The van der Waals surface area contributed by atoms with Crippen molar-refractivity contribution < 1.29 is 8.78 Å². The highest BCUT2D eigenvalue weighted by Gasteiger charge is 2.25. The van der Waals surface area contributed by atoms with Crippen LogP contribution in [0.5, 0.6) is 0 Å². The Balaban J connectivity index is 1.45. The van der Waals surface area contributed by atoms with E-state index in [1.165, 1.54) is 25.0 Å². The minimum Gasteiger partial charge on any atom is -0.350 e. The van der Waals surface area contributed by atoms with E-state index in [2.05, 4.69) is 30.8 Å². The van der Waals surface area contributed by atoms with E-state index in [1.54, 1.807) is 18.2 Å². The number of rotatable bonds is 6. The molecule has 0 saturated heterocycles. The van der Waals surface area contributed by atoms with Crippen molar-refractivity contribution >= 4 is 40.1 Å². The van der Waals surface area contributed by atoms with Crippen LogP contribution in [-0.4, -0.2) is 20.2 Å². The molecule has 2 aromatic carbocycles. The smallest absolute Gasteiger partial charge is 0.225 e. The van der Waals surface area contributed by atoms with Gasteiger partial charge in [0, 0.05) is 46.3 Å². The Bertz CT molecular complexity index is 1240. The highest BCUT2D eigenvalue weighted by molar-refractivity contribution is 6.31. The number of hydrogen-bond donors (Lipinski definition) is 3. The Kier molecular flexibility index (Phi) is 4.71. The summed E-state index contributed by atoms with van der Waals surface area (Å²) in [7, 11) is 0. The molecule has 2 heterocycles. The van der Waals surface area contributed by atoms with Crippen LogP contribution in [0, 0.1) is 11.6 Å². The van der Waals surface area contributed by atoms with Crippen LogP contribution in [-0.2, 0) is 6.54 Å². The van der Waals surface area contributed by atoms with Crippen LogP contribution in [0.2, 0.25) is 5.02 Å². The second kappa shape index (κ2) is 7.53. The van der Waals surface area contributed by atoms with E-state index in [9.17, 15) is 8.78 Å². The van der Waals surface area contributed by atoms with Gasteiger partial charge >= 0.3 is 0 Å². The largest absolute Gasteiger partial charge is 0.350 e. The molecule has 0 aliphatic heterocycles. The van der Waals surface area contributed by atoms with E-state index < -0.39 is 11.6 Å². The van der Waals surface area contributed by atoms with Crippen LogP contribution >= 0.6 is 11.6 Å². The molecule has 0 spiro atoms. The molecule has 0 radical (unpaired) electrons. The highest BCUT2D eigenvalue weighted by atomic mass is 35.5. The van der Waals surface area contributed by atoms with Crippen LogP contribution in [0.1, 0.15) is 30.0 Å². The molecular formula is C21H17ClF2N6. The minimum absolute atomic E-state index is 0.110. The summed E-state index contributed by atoms with van der Waals surface area (Å²) >= 11 is 6.17. The fourth-order valence-electron chi connectivity index (χ4n) is 3.24. The first kappa shape index (κ1) is 18.7. The summed E-state index contributed by atoms with van der Waals surface area (Å²) in [6.07, 6.45) is 2.34. The lowest BCUT2D eigenvalue weighted by atomic mass is 10.2. The zero-order chi connectivity index (χ0) is 20.7. The molecule has 1 fully saturated rings. The van der Waals surface area contributed by atoms with Crippen molar-refractivity contribution in [3.8, 4) is 0 Å². The second-order valence-electron chi connectivity index (χ2n) is 7.25. The lowest BCUT2D eigenvalue weighted by molar-refractivity contribution is 0.574. The maximum Gasteiger partial charge on any atom is 0.225 e. The number of nitrogens with zero attached hydrogens (tertiary/aromatic N) is 3. The third kappa shape index (κ3) is 3.91. The van der Waals surface area contributed by atoms with Gasteiger partial charge in [-0.1, -0.05) is 17.7 Å². The summed E-state index contributed by atoms with van der Waals surface area (Å²) in [5, 5.41) is 14.9. The highest BCUT2D eigenvalue weighted by Crippen LogP contribution is 2.40. The molecule has 4 aromatic rings. The van der Waals surface area contributed by atoms with Gasteiger partial charge in [-0.3, -0.25) is 5.10 Å². The van der Waals surface area contributed by atoms with Crippen LogP contribution in [0.25, 0.3) is 10.9 Å². The summed E-state index contributed by atoms with van der Waals surface area (Å²) in [6, 6.07) is 10.7. The summed E-state index contributed by atoms with van der Waals surface area (Å²) in [6.45, 7) is 0.110. The lowest BCUT2D eigenvalue weighted by Gasteiger charge is -2.11. The zero-order valence-corrected chi connectivity index (χ0v) is 16.5. The first-order valence-corrected chi connectivity index (χ1v) is 9.90. The number of aromatic amines is 1. The standard InChI is InChI=1S/C21H17ClF2N6/c22-13-4-6-17-15(7-13)20(27-19-9-18(29-30-19)11-1-2-11)28-21(26-17)25-10-12-3-5-14(23)8-16(12)24/h3-9,11H,1-2,10H2,(H3,25,26,27,28,29,30). The molecule has 1 aliphatic rings. The van der Waals surface area contributed by atoms with Crippen molar-refractivity contribution in [3.63, 3.8) is 0 Å². The van der Waals surface area contributed by atoms with Crippen molar-refractivity contribution in [1.29, 1.82) is 0 Å². The lowest BCUT2D eigenvalue weighted by Crippen LogP contribution is -2.07. The molecule has 1 saturated carbocycles. The quantitative estimate of drug-likeness (QED) is 0.378. The van der Waals surface area contributed by atoms with E-state index in [0.29, 0.717) is 39.6 Å². The predicted molar refractivity (Wildman–Crippen MR) is 112 cm³/mol. The van der Waals surface area contributed by atoms with Crippen LogP contribution in [0.3, 0.4) is 0 Å². The van der Waals surface area contributed by atoms with Gasteiger partial charge in [0.1, 0.15) is 17.5 Å². The van der Waals surface area contributed by atoms with Gasteiger partial charge in [-0.2, -0.15) is 10.1 Å². The fourth-order valence-corrected chi connectivity index (χ4v) is 3.41. The number of fused-ring (bicyclic) bond motifs is 1. The molecule has 0 bridgehead atoms. The van der Waals surface area contributed by atoms with Crippen molar-refractivity contribution in [2.45, 2.75) is 25.3 Å². The predicted octanol–water partition coefficient (Wildman–Crippen LogP) is 5.52. The van der Waals surface area contributed by atoms with E-state index in [4.69, 9.17) is 11.6 Å². The van der Waals surface area contributed by atoms with Gasteiger partial charge in [0.15, 0.2) is 5.82 Å². The van der Waals surface area contributed by atoms with Crippen molar-refractivity contribution in [2.24, 2.45) is 0 Å². The van der Waals surface area contributed by atoms with Gasteiger partial charge in [0.05, 0.1) is 5.52 Å². The van der Waals surface area contributed by atoms with Crippen molar-refractivity contribution in [1.82, 2.24) is 20.2 Å². The van der Waals surface area contributed by atoms with E-state index >= 15 is 0 Å². The second-order valence-corrected chi connectivity index (χ2v) is 7.69. The maximum absolute atomic E-state index is 13.9. The van der Waals surface area contributed by atoms with Crippen molar-refractivity contribution in [2.75, 3.05) is 10.6 Å². The van der Waals surface area contributed by atoms with Crippen molar-refractivity contribution in [3.05, 3.63) is 70.4 Å². The first-order valence-electron chi connectivity index (χ1n) is 9.52. The molecule has 1 aliphatic carbocycles. The number of nitrogens with one attached hydrogen (secondary N) is 3. The molecule has 0 unspecified atom stereocenters. The summed E-state index contributed by atoms with van der Waals surface area (Å²) in [5.74, 6) is 0.774. The molecule has 6 nitrogen and oxygen atoms in total. The average Bonchev–Trinajstić information content (AvgIpc) is 3.47. The van der Waals surface area contributed by atoms with Gasteiger partial charge in [-0.25, -0.2) is 13.8 Å². The van der Waals surface area contributed by atoms with Gasteiger partial charge in [0.25, 0.3) is 0 Å². The van der Waals surface area contributed by atoms with Crippen LogP contribution in [0.15, 0.2) is 42.5 Å². The fraction of sp³-hybridized carbons (Fsp3) is 0.190. The Labute approximate surface area is 175 Å². The number of H-pyrrole nitrogens is 1. The first-order chi connectivity index (χ1) is 14.5. The number of benzene rings is 2. The third-order valence-electron chi connectivity index (χ3n) is 4.97. The van der Waals surface area contributed by atoms with E-state index in [-0.39, 0.29) is 6.54 Å². The monoisotopic (exact) mass is 426 g/mol. The van der Waals surface area contributed by atoms with Gasteiger partial charge in [-0.15, -0.1) is 0 Å². The van der Waals surface area contributed by atoms with E-state index in [0.717, 1.165) is 17.1 Å². The number of hydrogen-bond acceptors (Lipinski definition) is 5. The Morgan fingerprint density at radius 1 is 1.07 bits per heavy atom. The number of aromatic nitrogens is 4. The molecule has 0 amide bonds. The Morgan fingerprint density at radius 2 is 1.93 bits per heavy atom. The SMILES string of the molecule is Fc1ccc(CNc2nc(Nc3cc(C4CC4)[nH]n3)c3cc(Cl)ccc3n2)c(F)c1. The molecular weight excluding hydrogens is 410 g/mol. The van der Waals surface area contributed by atoms with E-state index in [1.807, 2.05) is 6.07 Å². The molecule has 5 rings (SSSR count). The summed E-state index contributed by atoms with van der Waals surface area (Å²) in [5.41, 5.74) is 2.07. The molecule has 152 valence electrons. The summed E-state index contributed by atoms with van der Waals surface area (Å²) < 4.78 is 27.1. The van der Waals surface area contributed by atoms with Gasteiger partial charge in [-0.05, 0) is 37.1 Å². The molecule has 3 N–H and O–H groups in total.